The Hall–Kier alpha value is -3.77. The van der Waals surface area contributed by atoms with Crippen molar-refractivity contribution in [2.75, 3.05) is 20.3 Å². The lowest BCUT2D eigenvalue weighted by molar-refractivity contribution is -0.124. The molecule has 0 aliphatic rings. The molecular weight excluding hydrogens is 618 g/mol. The number of alkyl carbamates (subject to hydrolysis) is 1. The second kappa shape index (κ2) is 19.1. The first kappa shape index (κ1) is 37.7. The molecule has 11 heteroatoms. The summed E-state index contributed by atoms with van der Waals surface area (Å²) in [7, 11) is -2.64. The molecule has 0 bridgehead atoms. The molecule has 2 amide bonds. The molecule has 0 unspecified atom stereocenters. The number of ether oxygens (including phenoxy) is 1. The Balaban J connectivity index is 1.80. The minimum Gasteiger partial charge on any atom is -0.453 e. The van der Waals surface area contributed by atoms with Crippen LogP contribution in [0.2, 0.25) is 0 Å². The highest BCUT2D eigenvalue weighted by Crippen LogP contribution is 2.29. The molecule has 0 saturated heterocycles. The third-order valence-corrected chi connectivity index (χ3v) is 10.2. The summed E-state index contributed by atoms with van der Waals surface area (Å²) in [5, 5.41) is 25.6. The molecule has 0 heterocycles. The maximum absolute atomic E-state index is 14.0. The Morgan fingerprint density at radius 2 is 1.40 bits per heavy atom. The van der Waals surface area contributed by atoms with Gasteiger partial charge in [-0.25, -0.2) is 13.2 Å². The Labute approximate surface area is 279 Å². The van der Waals surface area contributed by atoms with Crippen molar-refractivity contribution in [1.29, 1.82) is 0 Å². The molecule has 3 aromatic rings. The number of nitrogens with one attached hydrogen (secondary N) is 2. The van der Waals surface area contributed by atoms with E-state index in [0.29, 0.717) is 37.7 Å². The maximum Gasteiger partial charge on any atom is 0.407 e. The summed E-state index contributed by atoms with van der Waals surface area (Å²) in [6.45, 7) is 3.61. The number of hydrogen-bond donors (Lipinski definition) is 4. The zero-order chi connectivity index (χ0) is 34.2. The molecular formula is C36H49N3O7S. The molecule has 0 aliphatic heterocycles. The Bertz CT molecular complexity index is 1430. The van der Waals surface area contributed by atoms with E-state index in [1.165, 1.54) is 23.5 Å². The summed E-state index contributed by atoms with van der Waals surface area (Å²) < 4.78 is 33.5. The van der Waals surface area contributed by atoms with Gasteiger partial charge >= 0.3 is 6.09 Å². The van der Waals surface area contributed by atoms with E-state index in [9.17, 15) is 28.2 Å². The summed E-state index contributed by atoms with van der Waals surface area (Å²) in [6.07, 6.45) is 2.81. The van der Waals surface area contributed by atoms with Crippen LogP contribution in [0.3, 0.4) is 0 Å². The number of carbonyl (C=O) groups is 2. The third-order valence-electron chi connectivity index (χ3n) is 8.24. The van der Waals surface area contributed by atoms with E-state index in [0.717, 1.165) is 17.5 Å². The zero-order valence-electron chi connectivity index (χ0n) is 27.5. The highest BCUT2D eigenvalue weighted by molar-refractivity contribution is 7.89. The fourth-order valence-corrected chi connectivity index (χ4v) is 7.60. The number of amides is 2. The first-order valence-corrected chi connectivity index (χ1v) is 17.7. The van der Waals surface area contributed by atoms with E-state index in [4.69, 9.17) is 4.74 Å². The van der Waals surface area contributed by atoms with Gasteiger partial charge in [0.2, 0.25) is 15.9 Å². The number of nitrogens with zero attached hydrogens (tertiary/aromatic N) is 1. The lowest BCUT2D eigenvalue weighted by Gasteiger charge is -2.31. The standard InChI is InChI=1S/C36H49N3O7S/c1-4-13-30(18-12-19-31(26-41)39(24-5-2)47(44,45)32-22-20-27(25-40)21-23-32)37-35(42)34(38-36(43)46-3)33(28-14-8-6-9-15-28)29-16-10-7-11-17-29/h6-11,14-17,20-23,30-31,33-34,40-41H,4-5,12-13,18-19,24-26H2,1-3H3,(H,37,42)(H,38,43)/t30-,31-,34-/m0/s1. The van der Waals surface area contributed by atoms with Crippen LogP contribution < -0.4 is 10.6 Å². The van der Waals surface area contributed by atoms with Crippen LogP contribution in [0, 0.1) is 0 Å². The van der Waals surface area contributed by atoms with Gasteiger partial charge in [0.05, 0.1) is 25.2 Å². The van der Waals surface area contributed by atoms with Crippen molar-refractivity contribution in [3.63, 3.8) is 0 Å². The molecule has 0 radical (unpaired) electrons. The monoisotopic (exact) mass is 667 g/mol. The van der Waals surface area contributed by atoms with E-state index < -0.39 is 34.1 Å². The van der Waals surface area contributed by atoms with Crippen LogP contribution in [-0.2, 0) is 26.2 Å². The molecule has 0 aliphatic carbocycles. The van der Waals surface area contributed by atoms with Gasteiger partial charge in [-0.1, -0.05) is 93.1 Å². The van der Waals surface area contributed by atoms with Gasteiger partial charge < -0.3 is 25.6 Å². The average Bonchev–Trinajstić information content (AvgIpc) is 3.09. The Kier molecular flexibility index (Phi) is 15.4. The first-order chi connectivity index (χ1) is 22.7. The zero-order valence-corrected chi connectivity index (χ0v) is 28.4. The molecule has 10 nitrogen and oxygen atoms in total. The number of benzene rings is 3. The van der Waals surface area contributed by atoms with E-state index in [-0.39, 0.29) is 36.6 Å². The number of aliphatic hydroxyl groups is 2. The van der Waals surface area contributed by atoms with Crippen molar-refractivity contribution in [2.45, 2.75) is 87.9 Å². The number of sulfonamides is 1. The molecule has 256 valence electrons. The van der Waals surface area contributed by atoms with Crippen LogP contribution in [0.4, 0.5) is 4.79 Å². The largest absolute Gasteiger partial charge is 0.453 e. The molecule has 4 N–H and O–H groups in total. The predicted molar refractivity (Wildman–Crippen MR) is 182 cm³/mol. The van der Waals surface area contributed by atoms with Crippen LogP contribution >= 0.6 is 0 Å². The number of methoxy groups -OCH3 is 1. The van der Waals surface area contributed by atoms with Crippen LogP contribution in [0.1, 0.15) is 75.0 Å². The molecule has 3 atom stereocenters. The van der Waals surface area contributed by atoms with Crippen molar-refractivity contribution in [1.82, 2.24) is 14.9 Å². The van der Waals surface area contributed by atoms with Crippen LogP contribution in [0.5, 0.6) is 0 Å². The van der Waals surface area contributed by atoms with Crippen LogP contribution in [0.25, 0.3) is 0 Å². The molecule has 3 aromatic carbocycles. The van der Waals surface area contributed by atoms with E-state index in [2.05, 4.69) is 10.6 Å². The molecule has 47 heavy (non-hydrogen) atoms. The third kappa shape index (κ3) is 10.6. The molecule has 3 rings (SSSR count). The van der Waals surface area contributed by atoms with Crippen LogP contribution in [0.15, 0.2) is 89.8 Å². The summed E-state index contributed by atoms with van der Waals surface area (Å²) in [5.41, 5.74) is 2.32. The lowest BCUT2D eigenvalue weighted by Crippen LogP contribution is -2.52. The number of aliphatic hydroxyl groups excluding tert-OH is 2. The van der Waals surface area contributed by atoms with Gasteiger partial charge in [-0.15, -0.1) is 0 Å². The van der Waals surface area contributed by atoms with E-state index in [1.807, 2.05) is 74.5 Å². The van der Waals surface area contributed by atoms with Crippen molar-refractivity contribution >= 4 is 22.0 Å². The quantitative estimate of drug-likeness (QED) is 0.142. The second-order valence-corrected chi connectivity index (χ2v) is 13.5. The number of hydrogen-bond acceptors (Lipinski definition) is 7. The van der Waals surface area contributed by atoms with Gasteiger partial charge in [0.25, 0.3) is 0 Å². The molecule has 0 aromatic heterocycles. The first-order valence-electron chi connectivity index (χ1n) is 16.3. The van der Waals surface area contributed by atoms with Crippen molar-refractivity contribution in [2.24, 2.45) is 0 Å². The Morgan fingerprint density at radius 3 is 1.89 bits per heavy atom. The lowest BCUT2D eigenvalue weighted by atomic mass is 9.84. The highest BCUT2D eigenvalue weighted by Gasteiger charge is 2.34. The van der Waals surface area contributed by atoms with Crippen molar-refractivity contribution < 1.29 is 33.0 Å². The fraction of sp³-hybridized carbons (Fsp3) is 0.444. The van der Waals surface area contributed by atoms with Gasteiger partial charge in [-0.05, 0) is 60.9 Å². The summed E-state index contributed by atoms with van der Waals surface area (Å²) >= 11 is 0. The predicted octanol–water partition coefficient (Wildman–Crippen LogP) is 4.95. The van der Waals surface area contributed by atoms with E-state index in [1.54, 1.807) is 12.1 Å². The fourth-order valence-electron chi connectivity index (χ4n) is 5.86. The number of carbonyl (C=O) groups excluding carboxylic acids is 2. The summed E-state index contributed by atoms with van der Waals surface area (Å²) in [5.74, 6) is -0.844. The van der Waals surface area contributed by atoms with Crippen molar-refractivity contribution in [3.8, 4) is 0 Å². The summed E-state index contributed by atoms with van der Waals surface area (Å²) in [4.78, 5) is 26.6. The molecule has 0 fully saturated rings. The van der Waals surface area contributed by atoms with Gasteiger partial charge in [0.1, 0.15) is 6.04 Å². The van der Waals surface area contributed by atoms with Gasteiger partial charge in [-0.3, -0.25) is 4.79 Å². The highest BCUT2D eigenvalue weighted by atomic mass is 32.2. The topological polar surface area (TPSA) is 145 Å². The van der Waals surface area contributed by atoms with Crippen LogP contribution in [-0.4, -0.2) is 73.3 Å². The van der Waals surface area contributed by atoms with Crippen molar-refractivity contribution in [3.05, 3.63) is 102 Å². The SMILES string of the molecule is CCC[C@@H](CCC[C@@H](CO)N(CCC)S(=O)(=O)c1ccc(CO)cc1)NC(=O)[C@@H](NC(=O)OC)C(c1ccccc1)c1ccccc1. The van der Waals surface area contributed by atoms with Gasteiger partial charge in [-0.2, -0.15) is 4.31 Å². The van der Waals surface area contributed by atoms with Gasteiger partial charge in [0, 0.05) is 24.5 Å². The van der Waals surface area contributed by atoms with Gasteiger partial charge in [0.15, 0.2) is 0 Å². The molecule has 0 saturated carbocycles. The molecule has 0 spiro atoms. The Morgan fingerprint density at radius 1 is 0.809 bits per heavy atom. The minimum atomic E-state index is -3.90. The maximum atomic E-state index is 14.0. The normalized spacial score (nSPS) is 13.6. The average molecular weight is 668 g/mol. The smallest absolute Gasteiger partial charge is 0.407 e. The second-order valence-electron chi connectivity index (χ2n) is 11.6. The minimum absolute atomic E-state index is 0.105. The van der Waals surface area contributed by atoms with E-state index >= 15 is 0 Å². The number of rotatable bonds is 19. The summed E-state index contributed by atoms with van der Waals surface area (Å²) in [6, 6.07) is 23.3.